The number of nitrogens with zero attached hydrogens (tertiary/aromatic N) is 1. The first kappa shape index (κ1) is 10.8. The number of rotatable bonds is 1. The van der Waals surface area contributed by atoms with Gasteiger partial charge < -0.3 is 9.40 Å². The number of aryl methyl sites for hydroxylation is 3. The van der Waals surface area contributed by atoms with Crippen LogP contribution in [0.25, 0.3) is 22.5 Å². The Kier molecular flexibility index (Phi) is 2.16. The Labute approximate surface area is 103 Å². The molecular weight excluding hydrogens is 230 g/mol. The van der Waals surface area contributed by atoms with Gasteiger partial charge in [-0.25, -0.2) is 9.89 Å². The highest BCUT2D eigenvalue weighted by Gasteiger charge is 2.16. The Hall–Kier alpha value is -2.30. The minimum Gasteiger partial charge on any atom is -0.386 e. The van der Waals surface area contributed by atoms with Crippen LogP contribution in [0.1, 0.15) is 16.7 Å². The van der Waals surface area contributed by atoms with Crippen molar-refractivity contribution in [2.45, 2.75) is 20.8 Å². The van der Waals surface area contributed by atoms with Crippen molar-refractivity contribution in [3.63, 3.8) is 0 Å². The third kappa shape index (κ3) is 1.40. The quantitative estimate of drug-likeness (QED) is 0.689. The number of fused-ring (bicyclic) bond motifs is 1. The second-order valence-corrected chi connectivity index (χ2v) is 4.49. The third-order valence-corrected chi connectivity index (χ3v) is 3.27. The molecule has 0 aliphatic rings. The van der Waals surface area contributed by atoms with Gasteiger partial charge in [-0.1, -0.05) is 12.1 Å². The molecule has 0 fully saturated rings. The number of nitrogens with one attached hydrogen (secondary N) is 2. The molecule has 0 saturated carbocycles. The first-order valence-electron chi connectivity index (χ1n) is 5.72. The maximum atomic E-state index is 11.0. The van der Waals surface area contributed by atoms with Gasteiger partial charge in [0.15, 0.2) is 0 Å². The smallest absolute Gasteiger partial charge is 0.386 e. The van der Waals surface area contributed by atoms with Gasteiger partial charge in [0.1, 0.15) is 5.69 Å². The van der Waals surface area contributed by atoms with E-state index in [0.29, 0.717) is 5.89 Å². The van der Waals surface area contributed by atoms with Crippen molar-refractivity contribution in [1.29, 1.82) is 0 Å². The number of hydrogen-bond acceptors (Lipinski definition) is 3. The van der Waals surface area contributed by atoms with Gasteiger partial charge in [-0.2, -0.15) is 0 Å². The molecule has 2 N–H and O–H groups in total. The van der Waals surface area contributed by atoms with Crippen molar-refractivity contribution >= 4 is 10.9 Å². The Balaban J connectivity index is 2.39. The minimum atomic E-state index is -0.545. The van der Waals surface area contributed by atoms with E-state index in [1.54, 1.807) is 0 Å². The van der Waals surface area contributed by atoms with Crippen LogP contribution in [0.2, 0.25) is 0 Å². The molecule has 5 heteroatoms. The zero-order chi connectivity index (χ0) is 12.9. The first-order chi connectivity index (χ1) is 8.58. The van der Waals surface area contributed by atoms with Gasteiger partial charge in [0.25, 0.3) is 5.89 Å². The summed E-state index contributed by atoms with van der Waals surface area (Å²) in [6.45, 7) is 6.10. The fourth-order valence-electron chi connectivity index (χ4n) is 2.35. The van der Waals surface area contributed by atoms with Gasteiger partial charge in [-0.15, -0.1) is 5.10 Å². The highest BCUT2D eigenvalue weighted by Crippen LogP contribution is 2.31. The molecule has 2 heterocycles. The topological polar surface area (TPSA) is 74.7 Å². The van der Waals surface area contributed by atoms with Crippen LogP contribution < -0.4 is 5.76 Å². The average Bonchev–Trinajstić information content (AvgIpc) is 2.89. The first-order valence-corrected chi connectivity index (χ1v) is 5.72. The van der Waals surface area contributed by atoms with Crippen LogP contribution in [-0.4, -0.2) is 15.2 Å². The molecule has 0 amide bonds. The third-order valence-electron chi connectivity index (χ3n) is 3.27. The van der Waals surface area contributed by atoms with Crippen LogP contribution in [-0.2, 0) is 0 Å². The van der Waals surface area contributed by atoms with E-state index in [-0.39, 0.29) is 0 Å². The molecule has 18 heavy (non-hydrogen) atoms. The lowest BCUT2D eigenvalue weighted by Crippen LogP contribution is -1.93. The molecule has 0 bridgehead atoms. The van der Waals surface area contributed by atoms with Crippen LogP contribution >= 0.6 is 0 Å². The Morgan fingerprint density at radius 3 is 2.50 bits per heavy atom. The van der Waals surface area contributed by atoms with E-state index in [1.165, 1.54) is 5.56 Å². The van der Waals surface area contributed by atoms with E-state index in [4.69, 9.17) is 4.42 Å². The molecule has 0 saturated heterocycles. The summed E-state index contributed by atoms with van der Waals surface area (Å²) in [6, 6.07) is 4.15. The van der Waals surface area contributed by atoms with Crippen molar-refractivity contribution in [1.82, 2.24) is 15.2 Å². The molecule has 3 aromatic rings. The summed E-state index contributed by atoms with van der Waals surface area (Å²) in [5.74, 6) is -0.246. The van der Waals surface area contributed by atoms with Gasteiger partial charge in [0.2, 0.25) is 0 Å². The lowest BCUT2D eigenvalue weighted by molar-refractivity contribution is 0.525. The lowest BCUT2D eigenvalue weighted by Gasteiger charge is -2.00. The molecule has 0 radical (unpaired) electrons. The number of benzene rings is 1. The zero-order valence-corrected chi connectivity index (χ0v) is 10.4. The van der Waals surface area contributed by atoms with Gasteiger partial charge in [-0.05, 0) is 37.5 Å². The summed E-state index contributed by atoms with van der Waals surface area (Å²) in [7, 11) is 0. The molecule has 0 spiro atoms. The van der Waals surface area contributed by atoms with E-state index >= 15 is 0 Å². The molecule has 3 rings (SSSR count). The predicted molar refractivity (Wildman–Crippen MR) is 68.6 cm³/mol. The maximum absolute atomic E-state index is 11.0. The Bertz CT molecular complexity index is 792. The normalized spacial score (nSPS) is 11.3. The number of H-pyrrole nitrogens is 2. The van der Waals surface area contributed by atoms with Gasteiger partial charge in [0, 0.05) is 10.9 Å². The van der Waals surface area contributed by atoms with E-state index < -0.39 is 5.76 Å². The average molecular weight is 243 g/mol. The second-order valence-electron chi connectivity index (χ2n) is 4.49. The second kappa shape index (κ2) is 3.60. The zero-order valence-electron chi connectivity index (χ0n) is 10.4. The highest BCUT2D eigenvalue weighted by atomic mass is 16.4. The minimum absolute atomic E-state index is 0.299. The monoisotopic (exact) mass is 243 g/mol. The molecule has 5 nitrogen and oxygen atoms in total. The Morgan fingerprint density at radius 1 is 1.17 bits per heavy atom. The molecule has 0 unspecified atom stereocenters. The summed E-state index contributed by atoms with van der Waals surface area (Å²) < 4.78 is 5.01. The number of aromatic nitrogens is 3. The Morgan fingerprint density at radius 2 is 1.89 bits per heavy atom. The van der Waals surface area contributed by atoms with E-state index in [2.05, 4.69) is 34.2 Å². The van der Waals surface area contributed by atoms with E-state index in [1.807, 2.05) is 13.8 Å². The summed E-state index contributed by atoms with van der Waals surface area (Å²) >= 11 is 0. The SMILES string of the molecule is Cc1ccc(C)c2c(C)c(-c3n[nH]c(=O)o3)[nH]c12. The predicted octanol–water partition coefficient (Wildman–Crippen LogP) is 2.44. The van der Waals surface area contributed by atoms with Crippen LogP contribution in [0.5, 0.6) is 0 Å². The van der Waals surface area contributed by atoms with Crippen LogP contribution in [0.4, 0.5) is 0 Å². The largest absolute Gasteiger partial charge is 0.434 e. The summed E-state index contributed by atoms with van der Waals surface area (Å²) in [4.78, 5) is 14.3. The van der Waals surface area contributed by atoms with Crippen LogP contribution in [0, 0.1) is 20.8 Å². The molecule has 1 aromatic carbocycles. The van der Waals surface area contributed by atoms with Crippen LogP contribution in [0.3, 0.4) is 0 Å². The molecule has 2 aromatic heterocycles. The van der Waals surface area contributed by atoms with Crippen molar-refractivity contribution in [2.24, 2.45) is 0 Å². The summed E-state index contributed by atoms with van der Waals surface area (Å²) in [5, 5.41) is 7.30. The number of hydrogen-bond donors (Lipinski definition) is 2. The van der Waals surface area contributed by atoms with Crippen molar-refractivity contribution in [2.75, 3.05) is 0 Å². The standard InChI is InChI=1S/C13H13N3O2/c1-6-4-5-7(2)10-9(6)8(3)11(14-10)12-15-16-13(17)18-12/h4-5,14H,1-3H3,(H,16,17). The fourth-order valence-corrected chi connectivity index (χ4v) is 2.35. The van der Waals surface area contributed by atoms with Gasteiger partial charge >= 0.3 is 5.76 Å². The maximum Gasteiger partial charge on any atom is 0.434 e. The van der Waals surface area contributed by atoms with Crippen molar-refractivity contribution < 1.29 is 4.42 Å². The van der Waals surface area contributed by atoms with Crippen molar-refractivity contribution in [3.8, 4) is 11.6 Å². The molecule has 0 aliphatic carbocycles. The number of aromatic amines is 2. The molecular formula is C13H13N3O2. The van der Waals surface area contributed by atoms with E-state index in [9.17, 15) is 4.79 Å². The van der Waals surface area contributed by atoms with Crippen LogP contribution in [0.15, 0.2) is 21.3 Å². The summed E-state index contributed by atoms with van der Waals surface area (Å²) in [6.07, 6.45) is 0. The van der Waals surface area contributed by atoms with Gasteiger partial charge in [-0.3, -0.25) is 0 Å². The molecule has 0 aliphatic heterocycles. The van der Waals surface area contributed by atoms with Gasteiger partial charge in [0.05, 0.1) is 0 Å². The van der Waals surface area contributed by atoms with E-state index in [0.717, 1.165) is 27.7 Å². The summed E-state index contributed by atoms with van der Waals surface area (Å²) in [5.41, 5.74) is 5.20. The molecule has 92 valence electrons. The van der Waals surface area contributed by atoms with Crippen molar-refractivity contribution in [3.05, 3.63) is 39.4 Å². The molecule has 0 atom stereocenters. The fraction of sp³-hybridized carbons (Fsp3) is 0.231. The lowest BCUT2D eigenvalue weighted by atomic mass is 10.0. The highest BCUT2D eigenvalue weighted by molar-refractivity contribution is 5.93.